The van der Waals surface area contributed by atoms with Crippen LogP contribution in [0.5, 0.6) is 5.75 Å². The molecule has 1 amide bonds. The third-order valence-electron chi connectivity index (χ3n) is 4.16. The monoisotopic (exact) mass is 356 g/mol. The summed E-state index contributed by atoms with van der Waals surface area (Å²) in [4.78, 5) is 35.3. The highest BCUT2D eigenvalue weighted by molar-refractivity contribution is 6.41. The molecule has 0 aliphatic heterocycles. The predicted octanol–water partition coefficient (Wildman–Crippen LogP) is 2.90. The van der Waals surface area contributed by atoms with E-state index in [1.807, 2.05) is 0 Å². The van der Waals surface area contributed by atoms with Crippen LogP contribution in [-0.2, 0) is 9.59 Å². The van der Waals surface area contributed by atoms with Crippen molar-refractivity contribution in [2.24, 2.45) is 5.92 Å². The number of carbonyl (C=O) groups excluding carboxylic acids is 2. The van der Waals surface area contributed by atoms with E-state index in [0.29, 0.717) is 17.0 Å². The zero-order chi connectivity index (χ0) is 19.1. The Morgan fingerprint density at radius 3 is 2.27 bits per heavy atom. The number of hydrogen-bond acceptors (Lipinski definition) is 5. The summed E-state index contributed by atoms with van der Waals surface area (Å²) in [5.41, 5.74) is 1.10. The van der Waals surface area contributed by atoms with Crippen LogP contribution in [0.4, 0.5) is 5.69 Å². The van der Waals surface area contributed by atoms with Gasteiger partial charge in [-0.05, 0) is 29.8 Å². The van der Waals surface area contributed by atoms with Gasteiger partial charge in [-0.25, -0.2) is 0 Å². The quantitative estimate of drug-likeness (QED) is 0.445. The largest absolute Gasteiger partial charge is 0.497 e. The average Bonchev–Trinajstić information content (AvgIpc) is 2.65. The van der Waals surface area contributed by atoms with Gasteiger partial charge in [0.1, 0.15) is 5.75 Å². The van der Waals surface area contributed by atoms with Crippen molar-refractivity contribution in [3.05, 3.63) is 70.3 Å². The van der Waals surface area contributed by atoms with Gasteiger partial charge >= 0.3 is 0 Å². The van der Waals surface area contributed by atoms with Gasteiger partial charge in [-0.1, -0.05) is 37.3 Å². The predicted molar refractivity (Wildman–Crippen MR) is 96.8 cm³/mol. The molecule has 136 valence electrons. The van der Waals surface area contributed by atoms with Crippen molar-refractivity contribution in [2.45, 2.75) is 12.8 Å². The summed E-state index contributed by atoms with van der Waals surface area (Å²) in [5, 5.41) is 13.6. The number of nitro groups is 1. The Labute approximate surface area is 151 Å². The highest BCUT2D eigenvalue weighted by Crippen LogP contribution is 2.28. The molecule has 0 heterocycles. The number of para-hydroxylation sites is 1. The van der Waals surface area contributed by atoms with Crippen molar-refractivity contribution in [3.8, 4) is 5.75 Å². The maximum Gasteiger partial charge on any atom is 0.292 e. The molecule has 0 bridgehead atoms. The first-order valence-corrected chi connectivity index (χ1v) is 8.08. The van der Waals surface area contributed by atoms with Crippen molar-refractivity contribution in [3.63, 3.8) is 0 Å². The van der Waals surface area contributed by atoms with E-state index in [1.165, 1.54) is 14.0 Å². The fourth-order valence-electron chi connectivity index (χ4n) is 2.67. The molecule has 1 N–H and O–H groups in total. The normalized spacial score (nSPS) is 12.7. The maximum absolute atomic E-state index is 12.5. The van der Waals surface area contributed by atoms with Gasteiger partial charge < -0.3 is 10.1 Å². The lowest BCUT2D eigenvalue weighted by atomic mass is 9.84. The molecule has 0 radical (unpaired) electrons. The Morgan fingerprint density at radius 2 is 1.73 bits per heavy atom. The summed E-state index contributed by atoms with van der Waals surface area (Å²) in [6.07, 6.45) is 0. The van der Waals surface area contributed by atoms with E-state index >= 15 is 0 Å². The molecule has 0 aromatic heterocycles. The fraction of sp³-hybridized carbons (Fsp3) is 0.263. The number of Topliss-reactive ketones (excluding diaryl/α,β-unsaturated/α-hetero) is 1. The van der Waals surface area contributed by atoms with E-state index in [0.717, 1.165) is 0 Å². The molecule has 0 saturated carbocycles. The Hall–Kier alpha value is -3.22. The van der Waals surface area contributed by atoms with E-state index in [1.54, 1.807) is 54.6 Å². The molecule has 2 aromatic carbocycles. The first-order chi connectivity index (χ1) is 12.4. The van der Waals surface area contributed by atoms with E-state index in [4.69, 9.17) is 4.74 Å². The number of carbonyl (C=O) groups is 2. The number of anilines is 1. The minimum Gasteiger partial charge on any atom is -0.497 e. The second-order valence-electron chi connectivity index (χ2n) is 5.87. The lowest BCUT2D eigenvalue weighted by Gasteiger charge is -2.20. The molecule has 2 rings (SSSR count). The molecule has 2 atom stereocenters. The highest BCUT2D eigenvalue weighted by atomic mass is 16.6. The number of ether oxygens (including phenoxy) is 1. The summed E-state index contributed by atoms with van der Waals surface area (Å²) in [7, 11) is 1.52. The molecular formula is C19H20N2O5. The van der Waals surface area contributed by atoms with Crippen molar-refractivity contribution in [1.29, 1.82) is 0 Å². The molecule has 0 saturated heterocycles. The molecule has 0 unspecified atom stereocenters. The maximum atomic E-state index is 12.5. The zero-order valence-corrected chi connectivity index (χ0v) is 14.5. The second kappa shape index (κ2) is 8.75. The minimum absolute atomic E-state index is 0.447. The highest BCUT2D eigenvalue weighted by Gasteiger charge is 2.33. The van der Waals surface area contributed by atoms with Gasteiger partial charge in [-0.15, -0.1) is 0 Å². The Kier molecular flexibility index (Phi) is 6.43. The number of amides is 1. The summed E-state index contributed by atoms with van der Waals surface area (Å²) in [6, 6.07) is 15.3. The summed E-state index contributed by atoms with van der Waals surface area (Å²) >= 11 is 0. The number of benzene rings is 2. The van der Waals surface area contributed by atoms with Gasteiger partial charge in [0.05, 0.1) is 13.0 Å². The van der Waals surface area contributed by atoms with Crippen molar-refractivity contribution < 1.29 is 19.2 Å². The van der Waals surface area contributed by atoms with Gasteiger partial charge in [-0.2, -0.15) is 0 Å². The van der Waals surface area contributed by atoms with E-state index in [2.05, 4.69) is 5.32 Å². The Morgan fingerprint density at radius 1 is 1.12 bits per heavy atom. The van der Waals surface area contributed by atoms with Crippen LogP contribution >= 0.6 is 0 Å². The van der Waals surface area contributed by atoms with Crippen molar-refractivity contribution in [1.82, 2.24) is 0 Å². The Balaban J connectivity index is 2.18. The number of rotatable bonds is 8. The molecular weight excluding hydrogens is 336 g/mol. The lowest BCUT2D eigenvalue weighted by molar-refractivity contribution is -0.484. The first-order valence-electron chi connectivity index (χ1n) is 8.08. The third kappa shape index (κ3) is 4.89. The van der Waals surface area contributed by atoms with Gasteiger partial charge in [0.15, 0.2) is 0 Å². The molecule has 26 heavy (non-hydrogen) atoms. The van der Waals surface area contributed by atoms with Crippen LogP contribution in [0.3, 0.4) is 0 Å². The second-order valence-corrected chi connectivity index (χ2v) is 5.87. The molecule has 0 fully saturated rings. The van der Waals surface area contributed by atoms with Crippen LogP contribution in [0.25, 0.3) is 0 Å². The van der Waals surface area contributed by atoms with Crippen LogP contribution in [0, 0.1) is 16.0 Å². The number of nitrogens with one attached hydrogen (secondary N) is 1. The van der Waals surface area contributed by atoms with Crippen LogP contribution in [0.2, 0.25) is 0 Å². The van der Waals surface area contributed by atoms with Crippen molar-refractivity contribution >= 4 is 17.4 Å². The van der Waals surface area contributed by atoms with Crippen LogP contribution in [0.15, 0.2) is 54.6 Å². The van der Waals surface area contributed by atoms with E-state index < -0.39 is 35.0 Å². The van der Waals surface area contributed by atoms with E-state index in [9.17, 15) is 19.7 Å². The SMILES string of the molecule is COc1ccc([C@H](C[N+](=O)[O-])[C@@H](C)C(=O)C(=O)Nc2ccccc2)cc1. The number of ketones is 1. The topological polar surface area (TPSA) is 98.5 Å². The lowest BCUT2D eigenvalue weighted by Crippen LogP contribution is -2.33. The minimum atomic E-state index is -0.850. The van der Waals surface area contributed by atoms with Crippen molar-refractivity contribution in [2.75, 3.05) is 19.0 Å². The molecule has 0 aliphatic carbocycles. The van der Waals surface area contributed by atoms with Gasteiger partial charge in [0.2, 0.25) is 12.3 Å². The molecule has 7 nitrogen and oxygen atoms in total. The summed E-state index contributed by atoms with van der Waals surface area (Å²) in [6.45, 7) is 1.09. The molecule has 0 aliphatic rings. The molecule has 0 spiro atoms. The molecule has 7 heteroatoms. The van der Waals surface area contributed by atoms with Gasteiger partial charge in [-0.3, -0.25) is 19.7 Å². The molecule has 2 aromatic rings. The van der Waals surface area contributed by atoms with Crippen LogP contribution < -0.4 is 10.1 Å². The zero-order valence-electron chi connectivity index (χ0n) is 14.5. The fourth-order valence-corrected chi connectivity index (χ4v) is 2.67. The standard InChI is InChI=1S/C19H20N2O5/c1-13(18(22)19(23)20-15-6-4-3-5-7-15)17(12-21(24)25)14-8-10-16(26-2)11-9-14/h3-11,13,17H,12H2,1-2H3,(H,20,23)/t13-,17-/m1/s1. The summed E-state index contributed by atoms with van der Waals surface area (Å²) < 4.78 is 5.08. The van der Waals surface area contributed by atoms with Gasteiger partial charge in [0.25, 0.3) is 5.91 Å². The van der Waals surface area contributed by atoms with E-state index in [-0.39, 0.29) is 0 Å². The Bertz CT molecular complexity index is 774. The number of nitrogens with zero attached hydrogens (tertiary/aromatic N) is 1. The number of hydrogen-bond donors (Lipinski definition) is 1. The smallest absolute Gasteiger partial charge is 0.292 e. The first kappa shape index (κ1) is 19.1. The summed E-state index contributed by atoms with van der Waals surface area (Å²) in [5.74, 6) is -2.45. The van der Waals surface area contributed by atoms with Crippen LogP contribution in [0.1, 0.15) is 18.4 Å². The third-order valence-corrected chi connectivity index (χ3v) is 4.16. The average molecular weight is 356 g/mol. The van der Waals surface area contributed by atoms with Crippen LogP contribution in [-0.4, -0.2) is 30.3 Å². The van der Waals surface area contributed by atoms with Gasteiger partial charge in [0, 0.05) is 16.5 Å². The number of methoxy groups -OCH3 is 1.